The van der Waals surface area contributed by atoms with Gasteiger partial charge in [-0.2, -0.15) is 0 Å². The van der Waals surface area contributed by atoms with Gasteiger partial charge in [0.2, 0.25) is 0 Å². The molecule has 0 aromatic heterocycles. The van der Waals surface area contributed by atoms with Crippen molar-refractivity contribution in [3.05, 3.63) is 52.8 Å². The number of halogens is 2. The molecule has 2 nitrogen and oxygen atoms in total. The zero-order valence-corrected chi connectivity index (χ0v) is 9.96. The standard InChI is InChI=1S/C12H10BrFN2/c13-8-3-1-4-9(7-8)16-11-6-2-5-10(14)12(11)15/h1-7,16H,15H2. The molecule has 2 aromatic carbocycles. The molecule has 0 saturated heterocycles. The fourth-order valence-electron chi connectivity index (χ4n) is 1.37. The van der Waals surface area contributed by atoms with E-state index in [4.69, 9.17) is 5.73 Å². The predicted molar refractivity (Wildman–Crippen MR) is 68.2 cm³/mol. The lowest BCUT2D eigenvalue weighted by Gasteiger charge is -2.09. The van der Waals surface area contributed by atoms with E-state index in [0.717, 1.165) is 10.2 Å². The first kappa shape index (κ1) is 11.0. The second-order valence-electron chi connectivity index (χ2n) is 3.34. The van der Waals surface area contributed by atoms with Crippen LogP contribution >= 0.6 is 15.9 Å². The number of anilines is 3. The van der Waals surface area contributed by atoms with Crippen LogP contribution in [0.3, 0.4) is 0 Å². The number of nitrogens with two attached hydrogens (primary N) is 1. The summed E-state index contributed by atoms with van der Waals surface area (Å²) < 4.78 is 14.1. The SMILES string of the molecule is Nc1c(F)cccc1Nc1cccc(Br)c1. The summed E-state index contributed by atoms with van der Waals surface area (Å²) in [4.78, 5) is 0. The smallest absolute Gasteiger partial charge is 0.148 e. The molecule has 0 atom stereocenters. The molecule has 3 N–H and O–H groups in total. The van der Waals surface area contributed by atoms with Gasteiger partial charge in [-0.3, -0.25) is 0 Å². The molecule has 2 rings (SSSR count). The summed E-state index contributed by atoms with van der Waals surface area (Å²) in [5, 5.41) is 3.06. The van der Waals surface area contributed by atoms with Gasteiger partial charge >= 0.3 is 0 Å². The lowest BCUT2D eigenvalue weighted by atomic mass is 10.2. The van der Waals surface area contributed by atoms with Gasteiger partial charge < -0.3 is 11.1 Å². The maximum absolute atomic E-state index is 13.2. The Morgan fingerprint density at radius 2 is 1.88 bits per heavy atom. The van der Waals surface area contributed by atoms with Crippen LogP contribution in [0.15, 0.2) is 46.9 Å². The summed E-state index contributed by atoms with van der Waals surface area (Å²) in [6.45, 7) is 0. The average Bonchev–Trinajstić information content (AvgIpc) is 2.25. The van der Waals surface area contributed by atoms with Gasteiger partial charge in [0.1, 0.15) is 5.82 Å². The van der Waals surface area contributed by atoms with Gasteiger partial charge in [0.25, 0.3) is 0 Å². The number of para-hydroxylation sites is 1. The lowest BCUT2D eigenvalue weighted by Crippen LogP contribution is -1.98. The van der Waals surface area contributed by atoms with E-state index in [1.165, 1.54) is 6.07 Å². The molecule has 0 aliphatic rings. The zero-order valence-electron chi connectivity index (χ0n) is 8.37. The third-order valence-electron chi connectivity index (χ3n) is 2.16. The van der Waals surface area contributed by atoms with Gasteiger partial charge in [-0.1, -0.05) is 28.1 Å². The Labute approximate surface area is 101 Å². The highest BCUT2D eigenvalue weighted by atomic mass is 79.9. The van der Waals surface area contributed by atoms with Crippen LogP contribution in [0.1, 0.15) is 0 Å². The molecule has 16 heavy (non-hydrogen) atoms. The second kappa shape index (κ2) is 4.53. The summed E-state index contributed by atoms with van der Waals surface area (Å²) in [6, 6.07) is 12.3. The molecule has 0 unspecified atom stereocenters. The number of benzene rings is 2. The monoisotopic (exact) mass is 280 g/mol. The highest BCUT2D eigenvalue weighted by Crippen LogP contribution is 2.26. The molecule has 4 heteroatoms. The quantitative estimate of drug-likeness (QED) is 0.819. The Hall–Kier alpha value is -1.55. The minimum atomic E-state index is -0.417. The molecular weight excluding hydrogens is 271 g/mol. The minimum absolute atomic E-state index is 0.127. The van der Waals surface area contributed by atoms with Crippen molar-refractivity contribution in [2.75, 3.05) is 11.1 Å². The van der Waals surface area contributed by atoms with Gasteiger partial charge in [-0.25, -0.2) is 4.39 Å². The Balaban J connectivity index is 2.31. The topological polar surface area (TPSA) is 38.0 Å². The van der Waals surface area contributed by atoms with Crippen molar-refractivity contribution in [1.82, 2.24) is 0 Å². The van der Waals surface area contributed by atoms with Crippen LogP contribution in [0.2, 0.25) is 0 Å². The van der Waals surface area contributed by atoms with E-state index in [0.29, 0.717) is 5.69 Å². The predicted octanol–water partition coefficient (Wildman–Crippen LogP) is 3.91. The first-order valence-electron chi connectivity index (χ1n) is 4.73. The Morgan fingerprint density at radius 1 is 1.12 bits per heavy atom. The van der Waals surface area contributed by atoms with Crippen LogP contribution in [0.5, 0.6) is 0 Å². The highest BCUT2D eigenvalue weighted by molar-refractivity contribution is 9.10. The highest BCUT2D eigenvalue weighted by Gasteiger charge is 2.04. The van der Waals surface area contributed by atoms with Crippen molar-refractivity contribution in [2.24, 2.45) is 0 Å². The van der Waals surface area contributed by atoms with Crippen molar-refractivity contribution >= 4 is 33.0 Å². The second-order valence-corrected chi connectivity index (χ2v) is 4.25. The fourth-order valence-corrected chi connectivity index (χ4v) is 1.77. The van der Waals surface area contributed by atoms with E-state index >= 15 is 0 Å². The maximum Gasteiger partial charge on any atom is 0.148 e. The van der Waals surface area contributed by atoms with Gasteiger partial charge in [0.05, 0.1) is 11.4 Å². The van der Waals surface area contributed by atoms with E-state index in [1.807, 2.05) is 24.3 Å². The maximum atomic E-state index is 13.2. The number of rotatable bonds is 2. The van der Waals surface area contributed by atoms with Crippen molar-refractivity contribution < 1.29 is 4.39 Å². The number of nitrogens with one attached hydrogen (secondary N) is 1. The summed E-state index contributed by atoms with van der Waals surface area (Å²) >= 11 is 3.36. The molecule has 0 aliphatic carbocycles. The first-order valence-corrected chi connectivity index (χ1v) is 5.53. The molecular formula is C12H10BrFN2. The van der Waals surface area contributed by atoms with Gasteiger partial charge in [-0.05, 0) is 30.3 Å². The largest absolute Gasteiger partial charge is 0.395 e. The van der Waals surface area contributed by atoms with E-state index in [-0.39, 0.29) is 5.69 Å². The van der Waals surface area contributed by atoms with Gasteiger partial charge in [0.15, 0.2) is 0 Å². The van der Waals surface area contributed by atoms with Crippen molar-refractivity contribution in [1.29, 1.82) is 0 Å². The minimum Gasteiger partial charge on any atom is -0.395 e. The van der Waals surface area contributed by atoms with E-state index in [2.05, 4.69) is 21.2 Å². The molecule has 0 heterocycles. The fraction of sp³-hybridized carbons (Fsp3) is 0. The van der Waals surface area contributed by atoms with Crippen LogP contribution in [0.4, 0.5) is 21.5 Å². The third kappa shape index (κ3) is 2.33. The molecule has 82 valence electrons. The third-order valence-corrected chi connectivity index (χ3v) is 2.65. The summed E-state index contributed by atoms with van der Waals surface area (Å²) in [5.41, 5.74) is 7.17. The summed E-state index contributed by atoms with van der Waals surface area (Å²) in [5.74, 6) is -0.417. The van der Waals surface area contributed by atoms with Crippen molar-refractivity contribution in [3.8, 4) is 0 Å². The van der Waals surface area contributed by atoms with Gasteiger partial charge in [-0.15, -0.1) is 0 Å². The summed E-state index contributed by atoms with van der Waals surface area (Å²) in [7, 11) is 0. The van der Waals surface area contributed by atoms with E-state index in [1.54, 1.807) is 12.1 Å². The molecule has 0 amide bonds. The molecule has 0 fully saturated rings. The molecule has 0 saturated carbocycles. The molecule has 0 radical (unpaired) electrons. The number of nitrogen functional groups attached to an aromatic ring is 1. The van der Waals surface area contributed by atoms with Crippen LogP contribution < -0.4 is 11.1 Å². The molecule has 0 bridgehead atoms. The van der Waals surface area contributed by atoms with Crippen molar-refractivity contribution in [3.63, 3.8) is 0 Å². The normalized spacial score (nSPS) is 10.1. The van der Waals surface area contributed by atoms with Crippen molar-refractivity contribution in [2.45, 2.75) is 0 Å². The Bertz CT molecular complexity index is 514. The number of hydrogen-bond acceptors (Lipinski definition) is 2. The number of hydrogen-bond donors (Lipinski definition) is 2. The molecule has 0 spiro atoms. The summed E-state index contributed by atoms with van der Waals surface area (Å²) in [6.07, 6.45) is 0. The van der Waals surface area contributed by atoms with Crippen LogP contribution in [0.25, 0.3) is 0 Å². The van der Waals surface area contributed by atoms with Crippen LogP contribution in [0, 0.1) is 5.82 Å². The van der Waals surface area contributed by atoms with E-state index < -0.39 is 5.82 Å². The molecule has 2 aromatic rings. The van der Waals surface area contributed by atoms with E-state index in [9.17, 15) is 4.39 Å². The lowest BCUT2D eigenvalue weighted by molar-refractivity contribution is 0.633. The Kier molecular flexibility index (Phi) is 3.10. The van der Waals surface area contributed by atoms with Crippen LogP contribution in [-0.4, -0.2) is 0 Å². The van der Waals surface area contributed by atoms with Crippen LogP contribution in [-0.2, 0) is 0 Å². The average molecular weight is 281 g/mol. The molecule has 0 aliphatic heterocycles. The Morgan fingerprint density at radius 3 is 2.62 bits per heavy atom. The van der Waals surface area contributed by atoms with Gasteiger partial charge in [0, 0.05) is 10.2 Å². The first-order chi connectivity index (χ1) is 7.66. The zero-order chi connectivity index (χ0) is 11.5.